The number of rotatable bonds is 2. The van der Waals surface area contributed by atoms with Crippen molar-refractivity contribution in [2.75, 3.05) is 26.2 Å². The van der Waals surface area contributed by atoms with E-state index in [-0.39, 0.29) is 0 Å². The lowest BCUT2D eigenvalue weighted by atomic mass is 10.1. The van der Waals surface area contributed by atoms with E-state index in [2.05, 4.69) is 42.8 Å². The zero-order chi connectivity index (χ0) is 10.4. The van der Waals surface area contributed by atoms with Gasteiger partial charge in [-0.25, -0.2) is 0 Å². The van der Waals surface area contributed by atoms with Crippen molar-refractivity contribution >= 4 is 0 Å². The summed E-state index contributed by atoms with van der Waals surface area (Å²) in [7, 11) is 0. The normalized spacial score (nSPS) is 23.3. The number of piperazine rings is 1. The van der Waals surface area contributed by atoms with E-state index >= 15 is 0 Å². The minimum atomic E-state index is 0.636. The summed E-state index contributed by atoms with van der Waals surface area (Å²) in [5, 5.41) is 3.38. The molecule has 0 amide bonds. The van der Waals surface area contributed by atoms with Gasteiger partial charge in [-0.05, 0) is 12.8 Å². The Kier molecular flexibility index (Phi) is 5.00. The summed E-state index contributed by atoms with van der Waals surface area (Å²) >= 11 is 0. The molecule has 0 aromatic heterocycles. The van der Waals surface area contributed by atoms with E-state index < -0.39 is 0 Å². The van der Waals surface area contributed by atoms with E-state index in [4.69, 9.17) is 0 Å². The summed E-state index contributed by atoms with van der Waals surface area (Å²) in [6.07, 6.45) is 1.03. The summed E-state index contributed by atoms with van der Waals surface area (Å²) in [6.45, 7) is 11.0. The van der Waals surface area contributed by atoms with Crippen molar-refractivity contribution in [3.05, 3.63) is 0 Å². The van der Waals surface area contributed by atoms with E-state index in [1.807, 2.05) is 0 Å². The molecule has 1 fully saturated rings. The van der Waals surface area contributed by atoms with Gasteiger partial charge in [-0.1, -0.05) is 19.8 Å². The molecule has 0 saturated carbocycles. The Morgan fingerprint density at radius 1 is 1.43 bits per heavy atom. The number of nitrogens with one attached hydrogen (secondary N) is 1. The van der Waals surface area contributed by atoms with Gasteiger partial charge >= 0.3 is 0 Å². The van der Waals surface area contributed by atoms with Gasteiger partial charge in [-0.15, -0.1) is 5.92 Å². The van der Waals surface area contributed by atoms with Crippen LogP contribution in [-0.2, 0) is 0 Å². The lowest BCUT2D eigenvalue weighted by Gasteiger charge is -2.32. The fraction of sp³-hybridized carbons (Fsp3) is 0.833. The van der Waals surface area contributed by atoms with Gasteiger partial charge in [-0.2, -0.15) is 0 Å². The molecule has 0 aromatic rings. The minimum absolute atomic E-state index is 0.636. The molecule has 0 aromatic carbocycles. The van der Waals surface area contributed by atoms with Gasteiger partial charge in [0, 0.05) is 32.1 Å². The quantitative estimate of drug-likeness (QED) is 0.667. The first-order chi connectivity index (χ1) is 6.70. The summed E-state index contributed by atoms with van der Waals surface area (Å²) in [6, 6.07) is 0.636. The maximum Gasteiger partial charge on any atom is 0.0604 e. The van der Waals surface area contributed by atoms with Crippen molar-refractivity contribution < 1.29 is 0 Å². The molecule has 0 radical (unpaired) electrons. The Hall–Kier alpha value is -0.520. The van der Waals surface area contributed by atoms with Crippen LogP contribution in [0.2, 0.25) is 0 Å². The van der Waals surface area contributed by atoms with Gasteiger partial charge in [0.1, 0.15) is 0 Å². The van der Waals surface area contributed by atoms with Crippen LogP contribution in [0.1, 0.15) is 27.2 Å². The molecule has 0 bridgehead atoms. The van der Waals surface area contributed by atoms with Gasteiger partial charge in [0.05, 0.1) is 6.54 Å². The van der Waals surface area contributed by atoms with E-state index in [0.29, 0.717) is 12.0 Å². The average molecular weight is 194 g/mol. The highest BCUT2D eigenvalue weighted by atomic mass is 15.2. The molecule has 14 heavy (non-hydrogen) atoms. The predicted molar refractivity (Wildman–Crippen MR) is 61.1 cm³/mol. The Morgan fingerprint density at radius 3 is 2.86 bits per heavy atom. The first-order valence-electron chi connectivity index (χ1n) is 5.60. The van der Waals surface area contributed by atoms with E-state index in [0.717, 1.165) is 32.6 Å². The second kappa shape index (κ2) is 6.06. The summed E-state index contributed by atoms with van der Waals surface area (Å²) in [4.78, 5) is 2.45. The summed E-state index contributed by atoms with van der Waals surface area (Å²) < 4.78 is 0. The summed E-state index contributed by atoms with van der Waals surface area (Å²) in [5.74, 6) is 7.20. The van der Waals surface area contributed by atoms with Gasteiger partial charge in [-0.3, -0.25) is 4.90 Å². The lowest BCUT2D eigenvalue weighted by Crippen LogP contribution is -2.49. The Morgan fingerprint density at radius 2 is 2.21 bits per heavy atom. The maximum absolute atomic E-state index is 3.38. The zero-order valence-electron chi connectivity index (χ0n) is 9.64. The highest BCUT2D eigenvalue weighted by Gasteiger charge is 2.15. The molecule has 2 nitrogen and oxygen atoms in total. The molecule has 80 valence electrons. The molecule has 0 spiro atoms. The van der Waals surface area contributed by atoms with Gasteiger partial charge in [0.2, 0.25) is 0 Å². The molecule has 1 rings (SSSR count). The molecular weight excluding hydrogens is 172 g/mol. The van der Waals surface area contributed by atoms with Crippen LogP contribution in [0.5, 0.6) is 0 Å². The summed E-state index contributed by atoms with van der Waals surface area (Å²) in [5.41, 5.74) is 0. The topological polar surface area (TPSA) is 15.3 Å². The Bertz CT molecular complexity index is 212. The van der Waals surface area contributed by atoms with E-state index in [9.17, 15) is 0 Å². The molecule has 1 N–H and O–H groups in total. The molecular formula is C12H22N2. The number of nitrogens with zero attached hydrogens (tertiary/aromatic N) is 1. The standard InChI is InChI=1S/C12H22N2/c1-11(2)6-4-5-8-14-9-7-13-10-12(14)3/h11-13H,6-10H2,1-3H3. The van der Waals surface area contributed by atoms with Crippen LogP contribution >= 0.6 is 0 Å². The number of hydrogen-bond acceptors (Lipinski definition) is 2. The number of hydrogen-bond donors (Lipinski definition) is 1. The van der Waals surface area contributed by atoms with Gasteiger partial charge in [0.25, 0.3) is 0 Å². The van der Waals surface area contributed by atoms with Crippen molar-refractivity contribution in [1.82, 2.24) is 10.2 Å². The fourth-order valence-electron chi connectivity index (χ4n) is 1.55. The fourth-order valence-corrected chi connectivity index (χ4v) is 1.55. The first-order valence-corrected chi connectivity index (χ1v) is 5.60. The second-order valence-corrected chi connectivity index (χ2v) is 4.48. The van der Waals surface area contributed by atoms with Crippen LogP contribution in [-0.4, -0.2) is 37.1 Å². The van der Waals surface area contributed by atoms with Crippen LogP contribution in [0.15, 0.2) is 0 Å². The van der Waals surface area contributed by atoms with Crippen LogP contribution in [0.25, 0.3) is 0 Å². The van der Waals surface area contributed by atoms with Crippen molar-refractivity contribution in [2.45, 2.75) is 33.2 Å². The van der Waals surface area contributed by atoms with Crippen LogP contribution in [0.4, 0.5) is 0 Å². The zero-order valence-corrected chi connectivity index (χ0v) is 9.64. The van der Waals surface area contributed by atoms with Crippen LogP contribution < -0.4 is 5.32 Å². The van der Waals surface area contributed by atoms with Crippen molar-refractivity contribution in [2.24, 2.45) is 5.92 Å². The van der Waals surface area contributed by atoms with Gasteiger partial charge < -0.3 is 5.32 Å². The first kappa shape index (κ1) is 11.6. The molecule has 0 aliphatic carbocycles. The van der Waals surface area contributed by atoms with Crippen LogP contribution in [0.3, 0.4) is 0 Å². The molecule has 1 unspecified atom stereocenters. The largest absolute Gasteiger partial charge is 0.314 e. The second-order valence-electron chi connectivity index (χ2n) is 4.48. The van der Waals surface area contributed by atoms with E-state index in [1.54, 1.807) is 0 Å². The van der Waals surface area contributed by atoms with E-state index in [1.165, 1.54) is 0 Å². The molecule has 1 atom stereocenters. The highest BCUT2D eigenvalue weighted by molar-refractivity contribution is 5.02. The molecule has 2 heteroatoms. The maximum atomic E-state index is 3.38. The molecule has 1 heterocycles. The van der Waals surface area contributed by atoms with Crippen LogP contribution in [0, 0.1) is 17.8 Å². The van der Waals surface area contributed by atoms with Crippen molar-refractivity contribution in [3.8, 4) is 11.8 Å². The molecule has 1 aliphatic rings. The SMILES string of the molecule is CC(C)CC#CCN1CCNCC1C. The van der Waals surface area contributed by atoms with Crippen molar-refractivity contribution in [3.63, 3.8) is 0 Å². The van der Waals surface area contributed by atoms with Crippen molar-refractivity contribution in [1.29, 1.82) is 0 Å². The average Bonchev–Trinajstić information content (AvgIpc) is 2.15. The highest BCUT2D eigenvalue weighted by Crippen LogP contribution is 2.01. The predicted octanol–water partition coefficient (Wildman–Crippen LogP) is 1.33. The third-order valence-corrected chi connectivity index (χ3v) is 2.56. The lowest BCUT2D eigenvalue weighted by molar-refractivity contribution is 0.195. The molecule has 1 aliphatic heterocycles. The third kappa shape index (κ3) is 4.13. The minimum Gasteiger partial charge on any atom is -0.314 e. The Labute approximate surface area is 88.1 Å². The third-order valence-electron chi connectivity index (χ3n) is 2.56. The monoisotopic (exact) mass is 194 g/mol. The molecule has 1 saturated heterocycles. The van der Waals surface area contributed by atoms with Gasteiger partial charge in [0.15, 0.2) is 0 Å². The smallest absolute Gasteiger partial charge is 0.0604 e. The Balaban J connectivity index is 2.24.